The van der Waals surface area contributed by atoms with Crippen LogP contribution in [0.4, 0.5) is 5.69 Å². The van der Waals surface area contributed by atoms with Crippen molar-refractivity contribution < 1.29 is 4.74 Å². The number of fused-ring (bicyclic) bond motifs is 7. The van der Waals surface area contributed by atoms with Gasteiger partial charge in [-0.2, -0.15) is 5.26 Å². The molecule has 0 spiro atoms. The number of hydrogen-bond donors (Lipinski definition) is 0. The first-order valence-corrected chi connectivity index (χ1v) is 10.5. The molecule has 0 saturated carbocycles. The van der Waals surface area contributed by atoms with E-state index < -0.39 is 0 Å². The van der Waals surface area contributed by atoms with Crippen molar-refractivity contribution in [3.05, 3.63) is 76.3 Å². The Morgan fingerprint density at radius 1 is 0.793 bits per heavy atom. The topological polar surface area (TPSA) is 36.3 Å². The number of benzene rings is 3. The second-order valence-corrected chi connectivity index (χ2v) is 8.13. The van der Waals surface area contributed by atoms with E-state index >= 15 is 0 Å². The van der Waals surface area contributed by atoms with Gasteiger partial charge in [0.05, 0.1) is 24.5 Å². The van der Waals surface area contributed by atoms with Crippen molar-refractivity contribution in [3.8, 4) is 28.3 Å². The van der Waals surface area contributed by atoms with Crippen LogP contribution in [0.1, 0.15) is 27.8 Å². The summed E-state index contributed by atoms with van der Waals surface area (Å²) in [5.41, 5.74) is 12.7. The van der Waals surface area contributed by atoms with Crippen LogP contribution < -0.4 is 4.90 Å². The first kappa shape index (κ1) is 16.8. The highest BCUT2D eigenvalue weighted by atomic mass is 16.5. The van der Waals surface area contributed by atoms with E-state index in [2.05, 4.69) is 59.5 Å². The van der Waals surface area contributed by atoms with Crippen molar-refractivity contribution in [2.24, 2.45) is 0 Å². The van der Waals surface area contributed by atoms with Crippen molar-refractivity contribution in [2.45, 2.75) is 19.3 Å². The van der Waals surface area contributed by atoms with Gasteiger partial charge in [0.15, 0.2) is 0 Å². The highest BCUT2D eigenvalue weighted by Gasteiger charge is 2.34. The van der Waals surface area contributed by atoms with Gasteiger partial charge >= 0.3 is 0 Å². The first-order chi connectivity index (χ1) is 14.4. The Balaban J connectivity index is 1.72. The van der Waals surface area contributed by atoms with Crippen LogP contribution in [0.2, 0.25) is 0 Å². The third-order valence-electron chi connectivity index (χ3n) is 6.70. The molecule has 0 aromatic heterocycles. The van der Waals surface area contributed by atoms with E-state index in [0.717, 1.165) is 56.8 Å². The van der Waals surface area contributed by atoms with E-state index in [0.29, 0.717) is 0 Å². The Hall–Kier alpha value is -3.09. The molecular formula is C26H22N2O. The highest BCUT2D eigenvalue weighted by molar-refractivity contribution is 5.96. The highest BCUT2D eigenvalue weighted by Crippen LogP contribution is 2.51. The fourth-order valence-electron chi connectivity index (χ4n) is 5.48. The smallest absolute Gasteiger partial charge is 0.102 e. The van der Waals surface area contributed by atoms with Crippen molar-refractivity contribution >= 4 is 5.69 Å². The molecule has 3 aliphatic rings. The number of ether oxygens (including phenoxy) is 1. The van der Waals surface area contributed by atoms with Crippen LogP contribution in [-0.4, -0.2) is 26.3 Å². The third kappa shape index (κ3) is 2.39. The van der Waals surface area contributed by atoms with Gasteiger partial charge in [0.2, 0.25) is 0 Å². The largest absolute Gasteiger partial charge is 0.378 e. The number of nitrogens with zero attached hydrogens (tertiary/aromatic N) is 2. The minimum Gasteiger partial charge on any atom is -0.378 e. The number of hydrogen-bond acceptors (Lipinski definition) is 3. The summed E-state index contributed by atoms with van der Waals surface area (Å²) in [7, 11) is 0. The minimum atomic E-state index is 0.726. The quantitative estimate of drug-likeness (QED) is 0.480. The third-order valence-corrected chi connectivity index (χ3v) is 6.70. The van der Waals surface area contributed by atoms with Gasteiger partial charge in [-0.15, -0.1) is 0 Å². The van der Waals surface area contributed by atoms with Crippen molar-refractivity contribution in [3.63, 3.8) is 0 Å². The predicted molar refractivity (Wildman–Crippen MR) is 115 cm³/mol. The van der Waals surface area contributed by atoms with E-state index in [1.807, 2.05) is 0 Å². The van der Waals surface area contributed by atoms with Crippen LogP contribution in [0.3, 0.4) is 0 Å². The van der Waals surface area contributed by atoms with Gasteiger partial charge in [-0.25, -0.2) is 0 Å². The molecule has 1 heterocycles. The summed E-state index contributed by atoms with van der Waals surface area (Å²) in [4.78, 5) is 2.40. The molecule has 0 unspecified atom stereocenters. The average molecular weight is 378 g/mol. The molecule has 3 heteroatoms. The molecule has 142 valence electrons. The summed E-state index contributed by atoms with van der Waals surface area (Å²) in [6.07, 6.45) is 2.95. The summed E-state index contributed by atoms with van der Waals surface area (Å²) in [6.45, 7) is 3.15. The number of aryl methyl sites for hydroxylation is 1. The van der Waals surface area contributed by atoms with Crippen LogP contribution in [0.5, 0.6) is 0 Å². The summed E-state index contributed by atoms with van der Waals surface area (Å²) in [5, 5.41) is 10.3. The minimum absolute atomic E-state index is 0.726. The number of morpholine rings is 1. The molecule has 29 heavy (non-hydrogen) atoms. The summed E-state index contributed by atoms with van der Waals surface area (Å²) in [5.74, 6) is 0. The molecule has 3 aromatic rings. The second-order valence-electron chi connectivity index (χ2n) is 8.13. The molecule has 1 saturated heterocycles. The zero-order chi connectivity index (χ0) is 19.4. The first-order valence-electron chi connectivity index (χ1n) is 10.5. The van der Waals surface area contributed by atoms with Crippen LogP contribution in [0, 0.1) is 11.3 Å². The number of rotatable bonds is 1. The molecule has 0 atom stereocenters. The molecule has 1 fully saturated rings. The second kappa shape index (κ2) is 6.47. The predicted octanol–water partition coefficient (Wildman–Crippen LogP) is 4.73. The maximum Gasteiger partial charge on any atom is 0.102 e. The Morgan fingerprint density at radius 3 is 2.24 bits per heavy atom. The number of nitriles is 1. The fraction of sp³-hybridized carbons (Fsp3) is 0.269. The summed E-state index contributed by atoms with van der Waals surface area (Å²) < 4.78 is 5.62. The van der Waals surface area contributed by atoms with Gasteiger partial charge in [0.1, 0.15) is 6.07 Å². The Kier molecular flexibility index (Phi) is 3.76. The molecule has 0 radical (unpaired) electrons. The normalized spacial score (nSPS) is 16.4. The van der Waals surface area contributed by atoms with Gasteiger partial charge in [-0.3, -0.25) is 0 Å². The monoisotopic (exact) mass is 378 g/mol. The van der Waals surface area contributed by atoms with Crippen LogP contribution >= 0.6 is 0 Å². The average Bonchev–Trinajstić information content (AvgIpc) is 3.17. The van der Waals surface area contributed by atoms with E-state index in [1.165, 1.54) is 44.5 Å². The van der Waals surface area contributed by atoms with Crippen molar-refractivity contribution in [2.75, 3.05) is 31.2 Å². The Bertz CT molecular complexity index is 1180. The van der Waals surface area contributed by atoms with E-state index in [9.17, 15) is 5.26 Å². The Morgan fingerprint density at radius 2 is 1.48 bits per heavy atom. The number of anilines is 1. The zero-order valence-corrected chi connectivity index (χ0v) is 16.4. The lowest BCUT2D eigenvalue weighted by Crippen LogP contribution is -2.37. The van der Waals surface area contributed by atoms with Gasteiger partial charge in [-0.1, -0.05) is 48.5 Å². The summed E-state index contributed by atoms with van der Waals surface area (Å²) in [6, 6.07) is 20.1. The molecule has 0 bridgehead atoms. The van der Waals surface area contributed by atoms with Crippen LogP contribution in [0.25, 0.3) is 22.3 Å². The molecule has 6 rings (SSSR count). The standard InChI is InChI=1S/C26H22N2O/c27-16-23-25-20-8-4-2-6-18(20)15-22(25)24-19-7-3-1-5-17(19)9-10-21(24)26(23)28-11-13-29-14-12-28/h1-8H,9-15H2. The maximum atomic E-state index is 10.3. The lowest BCUT2D eigenvalue weighted by molar-refractivity contribution is 0.122. The van der Waals surface area contributed by atoms with Gasteiger partial charge in [-0.05, 0) is 58.2 Å². The molecule has 2 aliphatic carbocycles. The Labute approximate surface area is 171 Å². The molecule has 0 N–H and O–H groups in total. The zero-order valence-electron chi connectivity index (χ0n) is 16.4. The molecule has 1 aliphatic heterocycles. The SMILES string of the molecule is N#Cc1c2c(c3c(c1N1CCOCC1)CCc1ccccc1-3)Cc1ccccc1-2. The molecule has 3 nitrogen and oxygen atoms in total. The van der Waals surface area contributed by atoms with Crippen LogP contribution in [0.15, 0.2) is 48.5 Å². The van der Waals surface area contributed by atoms with Crippen molar-refractivity contribution in [1.29, 1.82) is 5.26 Å². The van der Waals surface area contributed by atoms with E-state index in [1.54, 1.807) is 0 Å². The maximum absolute atomic E-state index is 10.3. The van der Waals surface area contributed by atoms with Gasteiger partial charge in [0, 0.05) is 18.7 Å². The van der Waals surface area contributed by atoms with Crippen molar-refractivity contribution in [1.82, 2.24) is 0 Å². The van der Waals surface area contributed by atoms with Crippen LogP contribution in [-0.2, 0) is 24.0 Å². The molecular weight excluding hydrogens is 356 g/mol. The fourth-order valence-corrected chi connectivity index (χ4v) is 5.48. The van der Waals surface area contributed by atoms with E-state index in [4.69, 9.17) is 4.74 Å². The van der Waals surface area contributed by atoms with E-state index in [-0.39, 0.29) is 0 Å². The van der Waals surface area contributed by atoms with Gasteiger partial charge in [0.25, 0.3) is 0 Å². The lowest BCUT2D eigenvalue weighted by Gasteiger charge is -2.35. The molecule has 3 aromatic carbocycles. The summed E-state index contributed by atoms with van der Waals surface area (Å²) >= 11 is 0. The lowest BCUT2D eigenvalue weighted by atomic mass is 9.78. The molecule has 0 amide bonds. The van der Waals surface area contributed by atoms with Gasteiger partial charge < -0.3 is 9.64 Å².